The van der Waals surface area contributed by atoms with E-state index in [1.54, 1.807) is 13.0 Å². The topological polar surface area (TPSA) is 17.1 Å². The lowest BCUT2D eigenvalue weighted by Crippen LogP contribution is -2.17. The SMILES string of the molecule is C=C(C)[C@H](CC(/C=C\CC(C)=O)=C\C)CC(C)(F)F. The third kappa shape index (κ3) is 9.34. The molecule has 108 valence electrons. The average molecular weight is 270 g/mol. The van der Waals surface area contributed by atoms with Crippen LogP contribution in [-0.2, 0) is 4.79 Å². The van der Waals surface area contributed by atoms with Crippen molar-refractivity contribution in [1.82, 2.24) is 0 Å². The Morgan fingerprint density at radius 3 is 2.32 bits per heavy atom. The Morgan fingerprint density at radius 1 is 1.37 bits per heavy atom. The smallest absolute Gasteiger partial charge is 0.246 e. The number of Topliss-reactive ketones (excluding diaryl/α,β-unsaturated/α-hetero) is 1. The van der Waals surface area contributed by atoms with Crippen LogP contribution in [0.1, 0.15) is 47.0 Å². The van der Waals surface area contributed by atoms with Crippen molar-refractivity contribution in [2.24, 2.45) is 5.92 Å². The molecule has 0 saturated carbocycles. The quantitative estimate of drug-likeness (QED) is 0.443. The molecule has 3 heteroatoms. The summed E-state index contributed by atoms with van der Waals surface area (Å²) in [7, 11) is 0. The number of hydrogen-bond donors (Lipinski definition) is 0. The summed E-state index contributed by atoms with van der Waals surface area (Å²) in [6, 6.07) is 0. The molecule has 0 aliphatic rings. The van der Waals surface area contributed by atoms with E-state index in [9.17, 15) is 13.6 Å². The van der Waals surface area contributed by atoms with Crippen molar-refractivity contribution >= 4 is 5.78 Å². The van der Waals surface area contributed by atoms with Gasteiger partial charge in [0.15, 0.2) is 0 Å². The summed E-state index contributed by atoms with van der Waals surface area (Å²) in [5.74, 6) is -2.85. The Kier molecular flexibility index (Phi) is 7.50. The van der Waals surface area contributed by atoms with E-state index in [2.05, 4.69) is 6.58 Å². The summed E-state index contributed by atoms with van der Waals surface area (Å²) in [4.78, 5) is 10.8. The van der Waals surface area contributed by atoms with E-state index in [1.165, 1.54) is 6.92 Å². The molecule has 0 unspecified atom stereocenters. The molecule has 0 rings (SSSR count). The largest absolute Gasteiger partial charge is 0.300 e. The summed E-state index contributed by atoms with van der Waals surface area (Å²) in [6.07, 6.45) is 6.21. The van der Waals surface area contributed by atoms with Gasteiger partial charge in [-0.15, -0.1) is 0 Å². The minimum Gasteiger partial charge on any atom is -0.300 e. The summed E-state index contributed by atoms with van der Waals surface area (Å²) in [5.41, 5.74) is 1.72. The second-order valence-corrected chi connectivity index (χ2v) is 5.19. The van der Waals surface area contributed by atoms with Gasteiger partial charge in [0.25, 0.3) is 0 Å². The predicted octanol–water partition coefficient (Wildman–Crippen LogP) is 5.10. The molecule has 1 atom stereocenters. The zero-order chi connectivity index (χ0) is 15.1. The Morgan fingerprint density at radius 2 is 1.95 bits per heavy atom. The maximum atomic E-state index is 13.1. The molecular weight excluding hydrogens is 246 g/mol. The summed E-state index contributed by atoms with van der Waals surface area (Å²) < 4.78 is 26.2. The summed E-state index contributed by atoms with van der Waals surface area (Å²) in [6.45, 7) is 9.90. The van der Waals surface area contributed by atoms with Crippen LogP contribution in [0, 0.1) is 5.92 Å². The molecule has 0 aromatic heterocycles. The second kappa shape index (κ2) is 8.03. The van der Waals surface area contributed by atoms with Crippen molar-refractivity contribution < 1.29 is 13.6 Å². The van der Waals surface area contributed by atoms with E-state index in [-0.39, 0.29) is 18.1 Å². The fourth-order valence-electron chi connectivity index (χ4n) is 1.80. The lowest BCUT2D eigenvalue weighted by Gasteiger charge is -2.21. The van der Waals surface area contributed by atoms with Crippen LogP contribution in [0.4, 0.5) is 8.78 Å². The molecule has 0 spiro atoms. The van der Waals surface area contributed by atoms with Crippen LogP contribution in [-0.4, -0.2) is 11.7 Å². The molecular formula is C16H24F2O. The van der Waals surface area contributed by atoms with Crippen LogP contribution >= 0.6 is 0 Å². The number of rotatable bonds is 8. The van der Waals surface area contributed by atoms with Gasteiger partial charge in [-0.1, -0.05) is 36.0 Å². The summed E-state index contributed by atoms with van der Waals surface area (Å²) in [5, 5.41) is 0. The van der Waals surface area contributed by atoms with Crippen molar-refractivity contribution in [1.29, 1.82) is 0 Å². The molecule has 0 heterocycles. The van der Waals surface area contributed by atoms with Gasteiger partial charge >= 0.3 is 0 Å². The molecule has 0 aromatic carbocycles. The first-order chi connectivity index (χ1) is 8.65. The Labute approximate surface area is 115 Å². The van der Waals surface area contributed by atoms with Crippen LogP contribution in [0.2, 0.25) is 0 Å². The lowest BCUT2D eigenvalue weighted by atomic mass is 9.88. The molecule has 0 saturated heterocycles. The van der Waals surface area contributed by atoms with E-state index < -0.39 is 5.92 Å². The minimum atomic E-state index is -2.69. The van der Waals surface area contributed by atoms with Gasteiger partial charge in [0.2, 0.25) is 5.92 Å². The lowest BCUT2D eigenvalue weighted by molar-refractivity contribution is -0.116. The van der Waals surface area contributed by atoms with Crippen LogP contribution in [0.25, 0.3) is 0 Å². The second-order valence-electron chi connectivity index (χ2n) is 5.19. The first-order valence-electron chi connectivity index (χ1n) is 6.50. The van der Waals surface area contributed by atoms with Crippen molar-refractivity contribution in [3.05, 3.63) is 36.0 Å². The third-order valence-corrected chi connectivity index (χ3v) is 2.89. The van der Waals surface area contributed by atoms with Crippen LogP contribution in [0.15, 0.2) is 36.0 Å². The van der Waals surface area contributed by atoms with E-state index in [1.807, 2.05) is 19.1 Å². The van der Waals surface area contributed by atoms with Gasteiger partial charge in [-0.2, -0.15) is 0 Å². The minimum absolute atomic E-state index is 0.0863. The van der Waals surface area contributed by atoms with Crippen LogP contribution in [0.5, 0.6) is 0 Å². The Balaban J connectivity index is 4.68. The first kappa shape index (κ1) is 17.8. The van der Waals surface area contributed by atoms with Gasteiger partial charge in [0, 0.05) is 12.8 Å². The number of halogens is 2. The highest BCUT2D eigenvalue weighted by molar-refractivity contribution is 5.77. The fraction of sp³-hybridized carbons (Fsp3) is 0.562. The van der Waals surface area contributed by atoms with Gasteiger partial charge in [-0.05, 0) is 40.0 Å². The van der Waals surface area contributed by atoms with Gasteiger partial charge < -0.3 is 0 Å². The monoisotopic (exact) mass is 270 g/mol. The first-order valence-corrected chi connectivity index (χ1v) is 6.50. The van der Waals surface area contributed by atoms with E-state index >= 15 is 0 Å². The predicted molar refractivity (Wildman–Crippen MR) is 76.4 cm³/mol. The van der Waals surface area contributed by atoms with Gasteiger partial charge in [0.05, 0.1) is 0 Å². The van der Waals surface area contributed by atoms with Crippen molar-refractivity contribution in [2.45, 2.75) is 52.9 Å². The molecule has 0 radical (unpaired) electrons. The highest BCUT2D eigenvalue weighted by Crippen LogP contribution is 2.31. The van der Waals surface area contributed by atoms with Crippen molar-refractivity contribution in [3.63, 3.8) is 0 Å². The number of allylic oxidation sites excluding steroid dienone is 5. The molecule has 0 fully saturated rings. The van der Waals surface area contributed by atoms with Crippen LogP contribution in [0.3, 0.4) is 0 Å². The number of ketones is 1. The highest BCUT2D eigenvalue weighted by Gasteiger charge is 2.27. The molecule has 0 bridgehead atoms. The maximum Gasteiger partial charge on any atom is 0.246 e. The fourth-order valence-corrected chi connectivity index (χ4v) is 1.80. The zero-order valence-electron chi connectivity index (χ0n) is 12.3. The maximum absolute atomic E-state index is 13.1. The molecule has 0 aromatic rings. The van der Waals surface area contributed by atoms with Crippen molar-refractivity contribution in [3.8, 4) is 0 Å². The number of alkyl halides is 2. The zero-order valence-corrected chi connectivity index (χ0v) is 12.3. The van der Waals surface area contributed by atoms with Gasteiger partial charge in [-0.3, -0.25) is 4.79 Å². The van der Waals surface area contributed by atoms with E-state index in [4.69, 9.17) is 0 Å². The highest BCUT2D eigenvalue weighted by atomic mass is 19.3. The Bertz CT molecular complexity index is 373. The van der Waals surface area contributed by atoms with Crippen molar-refractivity contribution in [2.75, 3.05) is 0 Å². The van der Waals surface area contributed by atoms with Crippen LogP contribution < -0.4 is 0 Å². The van der Waals surface area contributed by atoms with Gasteiger partial charge in [-0.25, -0.2) is 8.78 Å². The average Bonchev–Trinajstić information content (AvgIpc) is 2.23. The molecule has 19 heavy (non-hydrogen) atoms. The van der Waals surface area contributed by atoms with E-state index in [0.717, 1.165) is 18.1 Å². The molecule has 0 aliphatic carbocycles. The number of carbonyl (C=O) groups excluding carboxylic acids is 1. The number of carbonyl (C=O) groups is 1. The van der Waals surface area contributed by atoms with E-state index in [0.29, 0.717) is 12.8 Å². The molecule has 1 nitrogen and oxygen atoms in total. The third-order valence-electron chi connectivity index (χ3n) is 2.89. The molecule has 0 aliphatic heterocycles. The standard InChI is InChI=1S/C16H24F2O/c1-6-14(9-7-8-13(4)19)10-15(12(2)3)11-16(5,17)18/h6-7,9,15H,2,8,10-11H2,1,3-5H3/b9-7-,14-6-/t15-/m1/s1. The number of hydrogen-bond acceptors (Lipinski definition) is 1. The summed E-state index contributed by atoms with van der Waals surface area (Å²) >= 11 is 0. The molecule has 0 N–H and O–H groups in total. The Hall–Kier alpha value is -1.25. The molecule has 0 amide bonds. The van der Waals surface area contributed by atoms with Gasteiger partial charge in [0.1, 0.15) is 5.78 Å². The normalized spacial score (nSPS) is 14.7.